The third-order valence-electron chi connectivity index (χ3n) is 2.64. The molecule has 0 aliphatic heterocycles. The summed E-state index contributed by atoms with van der Waals surface area (Å²) in [5, 5.41) is 4.29. The Bertz CT molecular complexity index is 783. The Kier molecular flexibility index (Phi) is 3.37. The molecule has 0 saturated carbocycles. The number of nitrogens with zero attached hydrogens (tertiary/aromatic N) is 4. The van der Waals surface area contributed by atoms with E-state index in [1.165, 1.54) is 18.4 Å². The van der Waals surface area contributed by atoms with Crippen LogP contribution in [0.5, 0.6) is 0 Å². The summed E-state index contributed by atoms with van der Waals surface area (Å²) in [7, 11) is 1.33. The largest absolute Gasteiger partial charge is 0.469 e. The van der Waals surface area contributed by atoms with E-state index < -0.39 is 0 Å². The normalized spacial score (nSPS) is 10.9. The van der Waals surface area contributed by atoms with Gasteiger partial charge in [-0.05, 0) is 18.2 Å². The molecule has 6 nitrogen and oxygen atoms in total. The van der Waals surface area contributed by atoms with Crippen molar-refractivity contribution in [3.63, 3.8) is 0 Å². The van der Waals surface area contributed by atoms with E-state index in [1.807, 2.05) is 18.2 Å². The maximum absolute atomic E-state index is 11.3. The van der Waals surface area contributed by atoms with Gasteiger partial charge in [0.2, 0.25) is 0 Å². The van der Waals surface area contributed by atoms with Crippen molar-refractivity contribution in [2.45, 2.75) is 6.42 Å². The summed E-state index contributed by atoms with van der Waals surface area (Å²) in [4.78, 5) is 20.6. The fourth-order valence-electron chi connectivity index (χ4n) is 1.75. The zero-order valence-electron chi connectivity index (χ0n) is 10.4. The number of carbonyl (C=O) groups is 1. The van der Waals surface area contributed by atoms with Crippen LogP contribution in [0.3, 0.4) is 0 Å². The lowest BCUT2D eigenvalue weighted by atomic mass is 10.3. The molecule has 0 aliphatic rings. The Hall–Kier alpha value is -1.99. The average molecular weight is 309 g/mol. The predicted octanol–water partition coefficient (Wildman–Crippen LogP) is 2.22. The van der Waals surface area contributed by atoms with E-state index in [0.29, 0.717) is 15.9 Å². The predicted molar refractivity (Wildman–Crippen MR) is 74.8 cm³/mol. The van der Waals surface area contributed by atoms with Gasteiger partial charge in [-0.15, -0.1) is 16.4 Å². The van der Waals surface area contributed by atoms with E-state index >= 15 is 0 Å². The van der Waals surface area contributed by atoms with Gasteiger partial charge in [0.1, 0.15) is 6.42 Å². The van der Waals surface area contributed by atoms with E-state index in [-0.39, 0.29) is 12.4 Å². The smallest absolute Gasteiger partial charge is 0.313 e. The van der Waals surface area contributed by atoms with Crippen LogP contribution in [0.25, 0.3) is 16.3 Å². The number of carbonyl (C=O) groups excluding carboxylic acids is 1. The third kappa shape index (κ3) is 2.37. The highest BCUT2D eigenvalue weighted by Crippen LogP contribution is 2.30. The molecule has 0 amide bonds. The second-order valence-corrected chi connectivity index (χ2v) is 5.64. The first kappa shape index (κ1) is 13.0. The molecule has 102 valence electrons. The molecular formula is C12H9ClN4O2S. The lowest BCUT2D eigenvalue weighted by molar-refractivity contribution is -0.139. The second-order valence-electron chi connectivity index (χ2n) is 3.93. The molecule has 0 unspecified atom stereocenters. The van der Waals surface area contributed by atoms with Crippen molar-refractivity contribution in [1.82, 2.24) is 19.6 Å². The van der Waals surface area contributed by atoms with Crippen LogP contribution in [0.15, 0.2) is 24.4 Å². The minimum Gasteiger partial charge on any atom is -0.469 e. The average Bonchev–Trinajstić information content (AvgIpc) is 3.03. The summed E-state index contributed by atoms with van der Waals surface area (Å²) < 4.78 is 6.90. The summed E-state index contributed by atoms with van der Waals surface area (Å²) in [6, 6.07) is 5.55. The van der Waals surface area contributed by atoms with E-state index in [4.69, 9.17) is 11.6 Å². The van der Waals surface area contributed by atoms with E-state index in [1.54, 1.807) is 10.7 Å². The SMILES string of the molecule is COC(=O)Cc1nc2nccc(-c3ccc(Cl)s3)n2n1. The number of methoxy groups -OCH3 is 1. The maximum atomic E-state index is 11.3. The molecule has 3 rings (SSSR count). The number of rotatable bonds is 3. The minimum atomic E-state index is -0.387. The quantitative estimate of drug-likeness (QED) is 0.694. The molecule has 0 saturated heterocycles. The maximum Gasteiger partial charge on any atom is 0.313 e. The fourth-order valence-corrected chi connectivity index (χ4v) is 2.80. The van der Waals surface area contributed by atoms with Crippen LogP contribution in [0.2, 0.25) is 4.34 Å². The van der Waals surface area contributed by atoms with Crippen molar-refractivity contribution in [2.24, 2.45) is 0 Å². The molecule has 0 spiro atoms. The van der Waals surface area contributed by atoms with Gasteiger partial charge in [-0.2, -0.15) is 9.50 Å². The van der Waals surface area contributed by atoms with Crippen molar-refractivity contribution in [2.75, 3.05) is 7.11 Å². The van der Waals surface area contributed by atoms with Crippen LogP contribution in [-0.4, -0.2) is 32.7 Å². The van der Waals surface area contributed by atoms with Gasteiger partial charge in [-0.25, -0.2) is 4.98 Å². The lowest BCUT2D eigenvalue weighted by Gasteiger charge is -1.99. The molecule has 0 aromatic carbocycles. The molecule has 8 heteroatoms. The fraction of sp³-hybridized carbons (Fsp3) is 0.167. The van der Waals surface area contributed by atoms with Crippen molar-refractivity contribution in [3.05, 3.63) is 34.6 Å². The molecule has 0 bridgehead atoms. The molecule has 0 atom stereocenters. The van der Waals surface area contributed by atoms with Crippen LogP contribution in [-0.2, 0) is 16.0 Å². The number of aromatic nitrogens is 4. The van der Waals surface area contributed by atoms with Crippen molar-refractivity contribution >= 4 is 34.7 Å². The van der Waals surface area contributed by atoms with Crippen LogP contribution < -0.4 is 0 Å². The van der Waals surface area contributed by atoms with Crippen LogP contribution in [0.1, 0.15) is 5.82 Å². The van der Waals surface area contributed by atoms with Gasteiger partial charge >= 0.3 is 5.97 Å². The Morgan fingerprint density at radius 3 is 3.00 bits per heavy atom. The second kappa shape index (κ2) is 5.18. The van der Waals surface area contributed by atoms with Gasteiger partial charge in [0, 0.05) is 6.20 Å². The first-order chi connectivity index (χ1) is 9.67. The molecule has 20 heavy (non-hydrogen) atoms. The monoisotopic (exact) mass is 308 g/mol. The molecule has 0 N–H and O–H groups in total. The number of thiophene rings is 1. The lowest BCUT2D eigenvalue weighted by Crippen LogP contribution is -2.06. The Balaban J connectivity index is 2.07. The standard InChI is InChI=1S/C12H9ClN4O2S/c1-19-11(18)6-10-15-12-14-5-4-7(17(12)16-10)8-2-3-9(13)20-8/h2-5H,6H2,1H3. The Morgan fingerprint density at radius 2 is 2.30 bits per heavy atom. The van der Waals surface area contributed by atoms with Crippen LogP contribution in [0, 0.1) is 0 Å². The topological polar surface area (TPSA) is 69.4 Å². The van der Waals surface area contributed by atoms with Crippen LogP contribution >= 0.6 is 22.9 Å². The van der Waals surface area contributed by atoms with Gasteiger partial charge in [-0.3, -0.25) is 4.79 Å². The summed E-state index contributed by atoms with van der Waals surface area (Å²) in [6.07, 6.45) is 1.67. The first-order valence-corrected chi connectivity index (χ1v) is 6.90. The van der Waals surface area contributed by atoms with Gasteiger partial charge in [-0.1, -0.05) is 11.6 Å². The first-order valence-electron chi connectivity index (χ1n) is 5.70. The molecule has 3 aromatic heterocycles. The third-order valence-corrected chi connectivity index (χ3v) is 3.89. The number of halogens is 1. The summed E-state index contributed by atoms with van der Waals surface area (Å²) in [5.41, 5.74) is 0.829. The van der Waals surface area contributed by atoms with Crippen molar-refractivity contribution in [3.8, 4) is 10.6 Å². The van der Waals surface area contributed by atoms with Crippen molar-refractivity contribution in [1.29, 1.82) is 0 Å². The molecule has 0 radical (unpaired) electrons. The number of hydrogen-bond acceptors (Lipinski definition) is 6. The summed E-state index contributed by atoms with van der Waals surface area (Å²) in [6.45, 7) is 0. The Labute approximate surface area is 123 Å². The van der Waals surface area contributed by atoms with E-state index in [2.05, 4.69) is 19.8 Å². The zero-order valence-corrected chi connectivity index (χ0v) is 12.0. The highest BCUT2D eigenvalue weighted by atomic mass is 35.5. The number of fused-ring (bicyclic) bond motifs is 1. The number of esters is 1. The minimum absolute atomic E-state index is 0.0183. The van der Waals surface area contributed by atoms with Gasteiger partial charge in [0.25, 0.3) is 5.78 Å². The summed E-state index contributed by atoms with van der Waals surface area (Å²) >= 11 is 7.39. The van der Waals surface area contributed by atoms with Gasteiger partial charge < -0.3 is 4.74 Å². The van der Waals surface area contributed by atoms with Gasteiger partial charge in [0.05, 0.1) is 22.0 Å². The molecule has 3 heterocycles. The van der Waals surface area contributed by atoms with E-state index in [0.717, 1.165) is 10.6 Å². The molecule has 3 aromatic rings. The summed E-state index contributed by atoms with van der Waals surface area (Å²) in [5.74, 6) is 0.423. The molecular weight excluding hydrogens is 300 g/mol. The van der Waals surface area contributed by atoms with Gasteiger partial charge in [0.15, 0.2) is 5.82 Å². The van der Waals surface area contributed by atoms with Crippen molar-refractivity contribution < 1.29 is 9.53 Å². The van der Waals surface area contributed by atoms with E-state index in [9.17, 15) is 4.79 Å². The van der Waals surface area contributed by atoms with Crippen LogP contribution in [0.4, 0.5) is 0 Å². The molecule has 0 fully saturated rings. The number of ether oxygens (including phenoxy) is 1. The highest BCUT2D eigenvalue weighted by Gasteiger charge is 2.13. The zero-order chi connectivity index (χ0) is 14.1. The molecule has 0 aliphatic carbocycles. The highest BCUT2D eigenvalue weighted by molar-refractivity contribution is 7.19. The Morgan fingerprint density at radius 1 is 1.45 bits per heavy atom. The number of hydrogen-bond donors (Lipinski definition) is 0.